The van der Waals surface area contributed by atoms with E-state index in [0.29, 0.717) is 0 Å². The van der Waals surface area contributed by atoms with E-state index in [-0.39, 0.29) is 17.0 Å². The third-order valence-corrected chi connectivity index (χ3v) is 4.21. The number of thiophene rings is 1. The van der Waals surface area contributed by atoms with Gasteiger partial charge in [-0.25, -0.2) is 0 Å². The Morgan fingerprint density at radius 1 is 1.38 bits per heavy atom. The van der Waals surface area contributed by atoms with E-state index in [0.717, 1.165) is 18.7 Å². The molecule has 0 aliphatic rings. The van der Waals surface area contributed by atoms with E-state index >= 15 is 0 Å². The number of Topliss-reactive ketones (excluding diaryl/α,β-unsaturated/α-hetero) is 1. The molecule has 6 heteroatoms. The van der Waals surface area contributed by atoms with Crippen LogP contribution in [0.2, 0.25) is 0 Å². The first-order valence-corrected chi connectivity index (χ1v) is 7.40. The first-order valence-electron chi connectivity index (χ1n) is 6.52. The summed E-state index contributed by atoms with van der Waals surface area (Å²) in [5.74, 6) is -0.297. The Balaban J connectivity index is 2.17. The van der Waals surface area contributed by atoms with Crippen molar-refractivity contribution in [1.82, 2.24) is 0 Å². The fourth-order valence-corrected chi connectivity index (χ4v) is 2.77. The fourth-order valence-electron chi connectivity index (χ4n) is 2.07. The van der Waals surface area contributed by atoms with Crippen molar-refractivity contribution >= 4 is 28.5 Å². The molecule has 2 aromatic rings. The van der Waals surface area contributed by atoms with Gasteiger partial charge in [-0.3, -0.25) is 14.9 Å². The van der Waals surface area contributed by atoms with Crippen LogP contribution < -0.4 is 4.90 Å². The number of anilines is 1. The van der Waals surface area contributed by atoms with E-state index < -0.39 is 4.92 Å². The molecule has 1 aromatic carbocycles. The minimum Gasteiger partial charge on any atom is -0.374 e. The molecule has 1 heterocycles. The summed E-state index contributed by atoms with van der Waals surface area (Å²) in [6, 6.07) is 8.81. The number of hydrogen-bond acceptors (Lipinski definition) is 5. The molecule has 0 saturated heterocycles. The molecular formula is C15H16N2O3S. The monoisotopic (exact) mass is 304 g/mol. The quantitative estimate of drug-likeness (QED) is 0.465. The highest BCUT2D eigenvalue weighted by Crippen LogP contribution is 2.26. The zero-order chi connectivity index (χ0) is 15.4. The second-order valence-corrected chi connectivity index (χ2v) is 5.80. The summed E-state index contributed by atoms with van der Waals surface area (Å²) in [5, 5.41) is 13.1. The molecule has 0 amide bonds. The van der Waals surface area contributed by atoms with Gasteiger partial charge in [0, 0.05) is 30.2 Å². The molecule has 5 nitrogen and oxygen atoms in total. The van der Waals surface area contributed by atoms with Crippen LogP contribution in [0.15, 0.2) is 35.7 Å². The molecule has 0 radical (unpaired) electrons. The van der Waals surface area contributed by atoms with Crippen LogP contribution in [0.4, 0.5) is 11.4 Å². The molecule has 0 bridgehead atoms. The summed E-state index contributed by atoms with van der Waals surface area (Å²) in [6.07, 6.45) is 0.885. The molecule has 0 saturated carbocycles. The van der Waals surface area contributed by atoms with Crippen molar-refractivity contribution < 1.29 is 9.72 Å². The van der Waals surface area contributed by atoms with Gasteiger partial charge in [-0.05, 0) is 36.9 Å². The standard InChI is InChI=1S/C15H16N2O3S/c1-11(18)14-6-5-12(10-15(14)17(19)20)16(2)8-7-13-4-3-9-21-13/h3-6,9-10H,7-8H2,1-2H3. The van der Waals surface area contributed by atoms with Crippen molar-refractivity contribution in [1.29, 1.82) is 0 Å². The fraction of sp³-hybridized carbons (Fsp3) is 0.267. The minimum absolute atomic E-state index is 0.136. The molecule has 0 fully saturated rings. The number of hydrogen-bond donors (Lipinski definition) is 0. The van der Waals surface area contributed by atoms with Crippen LogP contribution in [-0.4, -0.2) is 24.3 Å². The van der Waals surface area contributed by atoms with Crippen LogP contribution in [0, 0.1) is 10.1 Å². The van der Waals surface area contributed by atoms with Gasteiger partial charge in [0.2, 0.25) is 0 Å². The third-order valence-electron chi connectivity index (χ3n) is 3.27. The van der Waals surface area contributed by atoms with Crippen LogP contribution in [0.1, 0.15) is 22.2 Å². The zero-order valence-electron chi connectivity index (χ0n) is 11.9. The molecule has 0 N–H and O–H groups in total. The molecule has 0 unspecified atom stereocenters. The number of benzene rings is 1. The molecule has 110 valence electrons. The number of nitrogens with zero attached hydrogens (tertiary/aromatic N) is 2. The van der Waals surface area contributed by atoms with Gasteiger partial charge in [-0.2, -0.15) is 0 Å². The van der Waals surface area contributed by atoms with E-state index in [1.54, 1.807) is 17.4 Å². The van der Waals surface area contributed by atoms with Crippen LogP contribution in [0.5, 0.6) is 0 Å². The molecule has 2 rings (SSSR count). The predicted octanol–water partition coefficient (Wildman–Crippen LogP) is 3.54. The van der Waals surface area contributed by atoms with Gasteiger partial charge in [0.15, 0.2) is 5.78 Å². The molecule has 0 aliphatic carbocycles. The number of carbonyl (C=O) groups excluding carboxylic acids is 1. The molecule has 1 aromatic heterocycles. The highest BCUT2D eigenvalue weighted by atomic mass is 32.1. The lowest BCUT2D eigenvalue weighted by atomic mass is 10.1. The third kappa shape index (κ3) is 3.66. The number of nitro groups is 1. The van der Waals surface area contributed by atoms with Gasteiger partial charge in [0.1, 0.15) is 0 Å². The Morgan fingerprint density at radius 2 is 2.14 bits per heavy atom. The maximum absolute atomic E-state index is 11.4. The van der Waals surface area contributed by atoms with Crippen molar-refractivity contribution in [3.05, 3.63) is 56.3 Å². The summed E-state index contributed by atoms with van der Waals surface area (Å²) in [7, 11) is 1.89. The van der Waals surface area contributed by atoms with Gasteiger partial charge >= 0.3 is 0 Å². The Morgan fingerprint density at radius 3 is 2.71 bits per heavy atom. The highest BCUT2D eigenvalue weighted by Gasteiger charge is 2.18. The molecule has 0 atom stereocenters. The van der Waals surface area contributed by atoms with Gasteiger partial charge in [0.25, 0.3) is 5.69 Å². The maximum Gasteiger partial charge on any atom is 0.282 e. The van der Waals surface area contributed by atoms with Crippen molar-refractivity contribution in [3.63, 3.8) is 0 Å². The van der Waals surface area contributed by atoms with E-state index in [1.807, 2.05) is 23.4 Å². The summed E-state index contributed by atoms with van der Waals surface area (Å²) in [6.45, 7) is 2.10. The van der Waals surface area contributed by atoms with Gasteiger partial charge in [0.05, 0.1) is 10.5 Å². The second kappa shape index (κ2) is 6.49. The van der Waals surface area contributed by atoms with Crippen LogP contribution >= 0.6 is 11.3 Å². The van der Waals surface area contributed by atoms with E-state index in [2.05, 4.69) is 6.07 Å². The Kier molecular flexibility index (Phi) is 4.70. The zero-order valence-corrected chi connectivity index (χ0v) is 12.7. The number of nitro benzene ring substituents is 1. The molecule has 21 heavy (non-hydrogen) atoms. The minimum atomic E-state index is -0.507. The van der Waals surface area contributed by atoms with E-state index in [1.165, 1.54) is 23.9 Å². The number of carbonyl (C=O) groups is 1. The summed E-state index contributed by atoms with van der Waals surface area (Å²) in [5.41, 5.74) is 0.752. The predicted molar refractivity (Wildman–Crippen MR) is 84.4 cm³/mol. The number of rotatable bonds is 6. The van der Waals surface area contributed by atoms with Crippen LogP contribution in [0.3, 0.4) is 0 Å². The van der Waals surface area contributed by atoms with Crippen molar-refractivity contribution in [3.8, 4) is 0 Å². The van der Waals surface area contributed by atoms with Crippen molar-refractivity contribution in [2.45, 2.75) is 13.3 Å². The van der Waals surface area contributed by atoms with Crippen molar-refractivity contribution in [2.75, 3.05) is 18.5 Å². The summed E-state index contributed by atoms with van der Waals surface area (Å²) >= 11 is 1.69. The second-order valence-electron chi connectivity index (χ2n) is 4.77. The van der Waals surface area contributed by atoms with Crippen LogP contribution in [-0.2, 0) is 6.42 Å². The number of likely N-dealkylation sites (N-methyl/N-ethyl adjacent to an activating group) is 1. The van der Waals surface area contributed by atoms with Gasteiger partial charge in [-0.1, -0.05) is 6.07 Å². The largest absolute Gasteiger partial charge is 0.374 e. The summed E-state index contributed by atoms with van der Waals surface area (Å²) < 4.78 is 0. The molecule has 0 spiro atoms. The van der Waals surface area contributed by atoms with Gasteiger partial charge in [-0.15, -0.1) is 11.3 Å². The van der Waals surface area contributed by atoms with Crippen molar-refractivity contribution in [2.24, 2.45) is 0 Å². The maximum atomic E-state index is 11.4. The first kappa shape index (κ1) is 15.2. The number of ketones is 1. The van der Waals surface area contributed by atoms with E-state index in [4.69, 9.17) is 0 Å². The van der Waals surface area contributed by atoms with Gasteiger partial charge < -0.3 is 4.90 Å². The normalized spacial score (nSPS) is 10.4. The Labute approximate surface area is 127 Å². The van der Waals surface area contributed by atoms with E-state index in [9.17, 15) is 14.9 Å². The molecule has 0 aliphatic heterocycles. The highest BCUT2D eigenvalue weighted by molar-refractivity contribution is 7.09. The smallest absolute Gasteiger partial charge is 0.282 e. The van der Waals surface area contributed by atoms with Crippen LogP contribution in [0.25, 0.3) is 0 Å². The molecular weight excluding hydrogens is 288 g/mol. The summed E-state index contributed by atoms with van der Waals surface area (Å²) in [4.78, 5) is 25.2. The lowest BCUT2D eigenvalue weighted by Crippen LogP contribution is -2.20. The SMILES string of the molecule is CC(=O)c1ccc(N(C)CCc2cccs2)cc1[N+](=O)[O-]. The lowest BCUT2D eigenvalue weighted by Gasteiger charge is -2.19. The Bertz CT molecular complexity index is 653. The average molecular weight is 304 g/mol. The Hall–Kier alpha value is -2.21. The lowest BCUT2D eigenvalue weighted by molar-refractivity contribution is -0.385. The first-order chi connectivity index (χ1) is 9.99. The average Bonchev–Trinajstić information content (AvgIpc) is 2.97. The topological polar surface area (TPSA) is 63.5 Å².